The standard InChI is InChI=1S/C34H28O12S3/c1-22-3-14-29(15-4-22)48(37,38)30-16-12-27(13-17-30)43-21-25-6-5-23(19-32(25)47-46-45-36)34(35)24-7-18-31(33(20-24)49(39,40)41)44-28-10-8-26(42-2)9-11-28/h3-20,36H,21H2,1-2H3,(H,39,40,41). The molecule has 0 aliphatic rings. The molecule has 0 radical (unpaired) electrons. The third-order valence-electron chi connectivity index (χ3n) is 7.11. The monoisotopic (exact) mass is 724 g/mol. The van der Waals surface area contributed by atoms with Gasteiger partial charge in [-0.3, -0.25) is 9.35 Å². The van der Waals surface area contributed by atoms with Crippen LogP contribution >= 0.6 is 12.0 Å². The van der Waals surface area contributed by atoms with Crippen molar-refractivity contribution in [2.45, 2.75) is 33.1 Å². The zero-order chi connectivity index (χ0) is 35.2. The molecule has 0 spiro atoms. The number of rotatable bonds is 14. The molecule has 5 rings (SSSR count). The van der Waals surface area contributed by atoms with Crippen LogP contribution in [0.25, 0.3) is 0 Å². The predicted molar refractivity (Wildman–Crippen MR) is 177 cm³/mol. The van der Waals surface area contributed by atoms with Gasteiger partial charge >= 0.3 is 0 Å². The first-order valence-corrected chi connectivity index (χ1v) is 17.9. The number of methoxy groups -OCH3 is 1. The highest BCUT2D eigenvalue weighted by Crippen LogP contribution is 2.33. The number of carbonyl (C=O) groups excluding carboxylic acids is 1. The minimum Gasteiger partial charge on any atom is -0.497 e. The maximum Gasteiger partial charge on any atom is 0.298 e. The summed E-state index contributed by atoms with van der Waals surface area (Å²) in [5.41, 5.74) is 1.46. The summed E-state index contributed by atoms with van der Waals surface area (Å²) in [4.78, 5) is 13.4. The molecule has 0 unspecified atom stereocenters. The molecule has 0 aliphatic carbocycles. The van der Waals surface area contributed by atoms with Crippen LogP contribution in [0.3, 0.4) is 0 Å². The molecule has 5 aromatic carbocycles. The normalized spacial score (nSPS) is 11.6. The van der Waals surface area contributed by atoms with Crippen molar-refractivity contribution in [1.29, 1.82) is 0 Å². The van der Waals surface area contributed by atoms with E-state index in [2.05, 4.69) is 9.37 Å². The van der Waals surface area contributed by atoms with Gasteiger partial charge < -0.3 is 14.2 Å². The molecule has 0 bridgehead atoms. The number of hydrogen-bond donors (Lipinski definition) is 2. The van der Waals surface area contributed by atoms with E-state index in [4.69, 9.17) is 19.5 Å². The zero-order valence-corrected chi connectivity index (χ0v) is 28.3. The van der Waals surface area contributed by atoms with Crippen LogP contribution in [0.2, 0.25) is 0 Å². The average Bonchev–Trinajstić information content (AvgIpc) is 3.10. The first kappa shape index (κ1) is 35.6. The lowest BCUT2D eigenvalue weighted by Gasteiger charge is -2.13. The molecule has 5 aromatic rings. The molecule has 0 atom stereocenters. The van der Waals surface area contributed by atoms with E-state index in [1.54, 1.807) is 54.6 Å². The van der Waals surface area contributed by atoms with E-state index in [-0.39, 0.29) is 39.0 Å². The smallest absolute Gasteiger partial charge is 0.298 e. The number of benzene rings is 5. The summed E-state index contributed by atoms with van der Waals surface area (Å²) in [7, 11) is -7.05. The fourth-order valence-corrected chi connectivity index (χ4v) is 6.96. The molecule has 0 aliphatic heterocycles. The van der Waals surface area contributed by atoms with E-state index in [1.165, 1.54) is 55.6 Å². The van der Waals surface area contributed by atoms with Gasteiger partial charge in [-0.1, -0.05) is 34.9 Å². The van der Waals surface area contributed by atoms with Gasteiger partial charge in [-0.05, 0) is 91.9 Å². The Kier molecular flexibility index (Phi) is 11.0. The van der Waals surface area contributed by atoms with Crippen LogP contribution in [0.1, 0.15) is 27.0 Å². The molecule has 0 heterocycles. The highest BCUT2D eigenvalue weighted by Gasteiger charge is 2.22. The van der Waals surface area contributed by atoms with Gasteiger partial charge in [0.1, 0.15) is 34.5 Å². The van der Waals surface area contributed by atoms with E-state index in [1.807, 2.05) is 6.92 Å². The third kappa shape index (κ3) is 8.65. The topological polar surface area (TPSA) is 172 Å². The SMILES string of the molecule is COc1ccc(Oc2ccc(C(=O)c3ccc(COc4ccc(S(=O)(=O)c5ccc(C)cc5)cc4)c(SOOO)c3)cc2S(=O)(=O)O)cc1. The highest BCUT2D eigenvalue weighted by molar-refractivity contribution is 7.94. The number of ether oxygens (including phenoxy) is 3. The van der Waals surface area contributed by atoms with Crippen LogP contribution < -0.4 is 14.2 Å². The summed E-state index contributed by atoms with van der Waals surface area (Å²) < 4.78 is 81.6. The zero-order valence-electron chi connectivity index (χ0n) is 25.8. The lowest BCUT2D eigenvalue weighted by Crippen LogP contribution is -2.07. The van der Waals surface area contributed by atoms with Gasteiger partial charge in [-0.25, -0.2) is 13.7 Å². The van der Waals surface area contributed by atoms with Crippen molar-refractivity contribution in [3.63, 3.8) is 0 Å². The summed E-state index contributed by atoms with van der Waals surface area (Å²) in [5, 5.41) is 12.5. The van der Waals surface area contributed by atoms with Crippen LogP contribution in [0.15, 0.2) is 129 Å². The van der Waals surface area contributed by atoms with Crippen molar-refractivity contribution >= 4 is 37.8 Å². The Hall–Kier alpha value is -4.74. The van der Waals surface area contributed by atoms with E-state index in [0.717, 1.165) is 11.6 Å². The van der Waals surface area contributed by atoms with Crippen molar-refractivity contribution in [2.75, 3.05) is 7.11 Å². The quantitative estimate of drug-likeness (QED) is 0.0390. The summed E-state index contributed by atoms with van der Waals surface area (Å²) in [6, 6.07) is 26.7. The van der Waals surface area contributed by atoms with Gasteiger partial charge in [0.05, 0.1) is 28.9 Å². The van der Waals surface area contributed by atoms with Crippen LogP contribution in [-0.4, -0.2) is 39.5 Å². The maximum atomic E-state index is 13.5. The van der Waals surface area contributed by atoms with Gasteiger partial charge in [0.25, 0.3) is 10.1 Å². The molecule has 0 amide bonds. The number of carbonyl (C=O) groups is 1. The molecule has 12 nitrogen and oxygen atoms in total. The Bertz CT molecular complexity index is 2170. The second kappa shape index (κ2) is 15.2. The third-order valence-corrected chi connectivity index (χ3v) is 10.5. The molecular weight excluding hydrogens is 697 g/mol. The van der Waals surface area contributed by atoms with Crippen molar-refractivity contribution in [2.24, 2.45) is 0 Å². The Morgan fingerprint density at radius 2 is 1.31 bits per heavy atom. The molecule has 0 aromatic heterocycles. The van der Waals surface area contributed by atoms with Crippen molar-refractivity contribution in [3.05, 3.63) is 131 Å². The highest BCUT2D eigenvalue weighted by atomic mass is 32.2. The fourth-order valence-electron chi connectivity index (χ4n) is 4.55. The molecule has 0 saturated carbocycles. The van der Waals surface area contributed by atoms with E-state index in [0.29, 0.717) is 34.0 Å². The molecule has 49 heavy (non-hydrogen) atoms. The van der Waals surface area contributed by atoms with E-state index in [9.17, 15) is 26.2 Å². The van der Waals surface area contributed by atoms with Gasteiger partial charge in [-0.15, -0.1) is 4.33 Å². The Morgan fingerprint density at radius 3 is 1.92 bits per heavy atom. The summed E-state index contributed by atoms with van der Waals surface area (Å²) in [5.74, 6) is 0.356. The van der Waals surface area contributed by atoms with Gasteiger partial charge in [-0.2, -0.15) is 8.42 Å². The van der Waals surface area contributed by atoms with Gasteiger partial charge in [0.2, 0.25) is 9.84 Å². The summed E-state index contributed by atoms with van der Waals surface area (Å²) >= 11 is 0.578. The fraction of sp³-hybridized carbons (Fsp3) is 0.0882. The number of sulfone groups is 1. The van der Waals surface area contributed by atoms with Crippen molar-refractivity contribution in [3.8, 4) is 23.0 Å². The lowest BCUT2D eigenvalue weighted by atomic mass is 10.0. The lowest BCUT2D eigenvalue weighted by molar-refractivity contribution is -0.432. The first-order chi connectivity index (χ1) is 23.4. The van der Waals surface area contributed by atoms with Crippen molar-refractivity contribution in [1.82, 2.24) is 0 Å². The first-order valence-electron chi connectivity index (χ1n) is 14.2. The maximum absolute atomic E-state index is 13.5. The van der Waals surface area contributed by atoms with Gasteiger partial charge in [0, 0.05) is 21.6 Å². The Morgan fingerprint density at radius 1 is 0.735 bits per heavy atom. The molecule has 2 N–H and O–H groups in total. The number of hydrogen-bond acceptors (Lipinski definition) is 12. The van der Waals surface area contributed by atoms with E-state index < -0.39 is 30.6 Å². The second-order valence-electron chi connectivity index (χ2n) is 10.4. The molecular formula is C34H28O12S3. The Balaban J connectivity index is 1.35. The molecule has 254 valence electrons. The largest absolute Gasteiger partial charge is 0.497 e. The minimum atomic E-state index is -4.81. The van der Waals surface area contributed by atoms with Gasteiger partial charge in [0.15, 0.2) is 5.78 Å². The summed E-state index contributed by atoms with van der Waals surface area (Å²) in [6.07, 6.45) is 0. The number of ketones is 1. The predicted octanol–water partition coefficient (Wildman–Crippen LogP) is 7.11. The minimum absolute atomic E-state index is 0.0556. The van der Waals surface area contributed by atoms with Crippen LogP contribution in [0.4, 0.5) is 0 Å². The Labute approximate surface area is 286 Å². The van der Waals surface area contributed by atoms with Crippen molar-refractivity contribution < 1.29 is 55.0 Å². The second-order valence-corrected chi connectivity index (χ2v) is 14.5. The average molecular weight is 725 g/mol. The van der Waals surface area contributed by atoms with Crippen LogP contribution in [-0.2, 0) is 35.9 Å². The molecule has 0 fully saturated rings. The van der Waals surface area contributed by atoms with Crippen LogP contribution in [0, 0.1) is 6.92 Å². The van der Waals surface area contributed by atoms with Crippen LogP contribution in [0.5, 0.6) is 23.0 Å². The summed E-state index contributed by atoms with van der Waals surface area (Å²) in [6.45, 7) is 1.81. The molecule has 0 saturated heterocycles. The number of aryl methyl sites for hydroxylation is 1. The molecule has 15 heteroatoms. The van der Waals surface area contributed by atoms with E-state index >= 15 is 0 Å².